The molecule has 1 N–H and O–H groups in total. The Morgan fingerprint density at radius 1 is 1.17 bits per heavy atom. The Labute approximate surface area is 107 Å². The largest absolute Gasteiger partial charge is 0.329 e. The Kier molecular flexibility index (Phi) is 3.24. The van der Waals surface area contributed by atoms with Crippen LogP contribution in [0.3, 0.4) is 0 Å². The molecule has 2 heterocycles. The van der Waals surface area contributed by atoms with Gasteiger partial charge in [-0.2, -0.15) is 0 Å². The summed E-state index contributed by atoms with van der Waals surface area (Å²) in [7, 11) is 0. The van der Waals surface area contributed by atoms with Crippen molar-refractivity contribution in [3.63, 3.8) is 0 Å². The van der Waals surface area contributed by atoms with Crippen molar-refractivity contribution in [2.75, 3.05) is 26.2 Å². The third-order valence-corrected chi connectivity index (χ3v) is 4.48. The third-order valence-electron chi connectivity index (χ3n) is 4.48. The van der Waals surface area contributed by atoms with Crippen molar-refractivity contribution in [3.8, 4) is 0 Å². The van der Waals surface area contributed by atoms with Crippen molar-refractivity contribution in [3.05, 3.63) is 0 Å². The lowest BCUT2D eigenvalue weighted by Gasteiger charge is -2.23. The first-order chi connectivity index (χ1) is 8.74. The van der Waals surface area contributed by atoms with Gasteiger partial charge in [0, 0.05) is 19.6 Å². The van der Waals surface area contributed by atoms with Gasteiger partial charge in [-0.3, -0.25) is 9.69 Å². The van der Waals surface area contributed by atoms with Gasteiger partial charge < -0.3 is 10.2 Å². The second-order valence-electron chi connectivity index (χ2n) is 5.78. The number of imide groups is 1. The Balaban J connectivity index is 1.54. The first-order valence-corrected chi connectivity index (χ1v) is 7.06. The van der Waals surface area contributed by atoms with E-state index in [1.54, 1.807) is 0 Å². The van der Waals surface area contributed by atoms with E-state index in [4.69, 9.17) is 0 Å². The summed E-state index contributed by atoms with van der Waals surface area (Å²) in [6.07, 6.45) is 6.38. The van der Waals surface area contributed by atoms with Crippen LogP contribution in [-0.2, 0) is 4.79 Å². The third kappa shape index (κ3) is 2.23. The van der Waals surface area contributed by atoms with Crippen molar-refractivity contribution in [1.29, 1.82) is 0 Å². The first-order valence-electron chi connectivity index (χ1n) is 7.06. The van der Waals surface area contributed by atoms with Crippen LogP contribution in [0.25, 0.3) is 0 Å². The number of urea groups is 1. The van der Waals surface area contributed by atoms with Gasteiger partial charge in [-0.15, -0.1) is 0 Å². The molecule has 0 spiro atoms. The molecule has 18 heavy (non-hydrogen) atoms. The molecule has 100 valence electrons. The van der Waals surface area contributed by atoms with Crippen LogP contribution in [0.1, 0.15) is 32.1 Å². The monoisotopic (exact) mass is 251 g/mol. The van der Waals surface area contributed by atoms with Crippen molar-refractivity contribution in [1.82, 2.24) is 15.1 Å². The van der Waals surface area contributed by atoms with Gasteiger partial charge in [-0.1, -0.05) is 12.8 Å². The highest BCUT2D eigenvalue weighted by molar-refractivity contribution is 6.02. The highest BCUT2D eigenvalue weighted by Crippen LogP contribution is 2.27. The Hall–Kier alpha value is -1.10. The SMILES string of the molecule is O=C1CNC(=O)N1C1CCN(CC2CCCC2)C1. The van der Waals surface area contributed by atoms with Crippen LogP contribution in [0.15, 0.2) is 0 Å². The second kappa shape index (κ2) is 4.88. The minimum Gasteiger partial charge on any atom is -0.329 e. The Bertz CT molecular complexity index is 336. The summed E-state index contributed by atoms with van der Waals surface area (Å²) in [5, 5.41) is 2.60. The van der Waals surface area contributed by atoms with Crippen molar-refractivity contribution >= 4 is 11.9 Å². The van der Waals surface area contributed by atoms with Crippen LogP contribution in [0.2, 0.25) is 0 Å². The molecule has 2 aliphatic heterocycles. The number of rotatable bonds is 3. The molecule has 2 saturated heterocycles. The summed E-state index contributed by atoms with van der Waals surface area (Å²) in [6.45, 7) is 3.23. The fourth-order valence-electron chi connectivity index (χ4n) is 3.55. The van der Waals surface area contributed by atoms with Gasteiger partial charge in [0.1, 0.15) is 0 Å². The first kappa shape index (κ1) is 12.0. The summed E-state index contributed by atoms with van der Waals surface area (Å²) >= 11 is 0. The lowest BCUT2D eigenvalue weighted by Crippen LogP contribution is -2.42. The standard InChI is InChI=1S/C13H21N3O2/c17-12-7-14-13(18)16(12)11-5-6-15(9-11)8-10-3-1-2-4-10/h10-11H,1-9H2,(H,14,18). The molecule has 1 unspecified atom stereocenters. The average molecular weight is 251 g/mol. The molecule has 0 radical (unpaired) electrons. The minimum atomic E-state index is -0.201. The minimum absolute atomic E-state index is 0.0623. The van der Waals surface area contributed by atoms with E-state index in [2.05, 4.69) is 10.2 Å². The van der Waals surface area contributed by atoms with E-state index in [9.17, 15) is 9.59 Å². The highest BCUT2D eigenvalue weighted by Gasteiger charge is 2.38. The summed E-state index contributed by atoms with van der Waals surface area (Å²) < 4.78 is 0. The Morgan fingerprint density at radius 2 is 1.94 bits per heavy atom. The van der Waals surface area contributed by atoms with Crippen LogP contribution in [0, 0.1) is 5.92 Å². The summed E-state index contributed by atoms with van der Waals surface area (Å²) in [5.41, 5.74) is 0. The van der Waals surface area contributed by atoms with Gasteiger partial charge in [0.2, 0.25) is 5.91 Å². The van der Waals surface area contributed by atoms with Gasteiger partial charge in [-0.05, 0) is 25.2 Å². The zero-order valence-corrected chi connectivity index (χ0v) is 10.7. The van der Waals surface area contributed by atoms with Crippen LogP contribution in [-0.4, -0.2) is 54.0 Å². The number of carbonyl (C=O) groups is 2. The normalized spacial score (nSPS) is 30.4. The van der Waals surface area contributed by atoms with Crippen molar-refractivity contribution < 1.29 is 9.59 Å². The van der Waals surface area contributed by atoms with E-state index in [0.717, 1.165) is 32.0 Å². The molecule has 3 fully saturated rings. The van der Waals surface area contributed by atoms with E-state index < -0.39 is 0 Å². The molecule has 1 atom stereocenters. The smallest absolute Gasteiger partial charge is 0.324 e. The van der Waals surface area contributed by atoms with Crippen LogP contribution in [0.4, 0.5) is 4.79 Å². The molecule has 0 aromatic heterocycles. The van der Waals surface area contributed by atoms with Crippen molar-refractivity contribution in [2.24, 2.45) is 5.92 Å². The van der Waals surface area contributed by atoms with Gasteiger partial charge in [0.25, 0.3) is 0 Å². The maximum Gasteiger partial charge on any atom is 0.324 e. The van der Waals surface area contributed by atoms with Crippen LogP contribution >= 0.6 is 0 Å². The van der Waals surface area contributed by atoms with E-state index >= 15 is 0 Å². The summed E-state index contributed by atoms with van der Waals surface area (Å²) in [6, 6.07) is -0.103. The zero-order chi connectivity index (χ0) is 12.5. The molecular weight excluding hydrogens is 230 g/mol. The molecule has 0 aromatic carbocycles. The quantitative estimate of drug-likeness (QED) is 0.755. The number of hydrogen-bond donors (Lipinski definition) is 1. The number of hydrogen-bond acceptors (Lipinski definition) is 3. The molecule has 1 saturated carbocycles. The van der Waals surface area contributed by atoms with Crippen LogP contribution in [0.5, 0.6) is 0 Å². The highest BCUT2D eigenvalue weighted by atomic mass is 16.2. The zero-order valence-electron chi connectivity index (χ0n) is 10.7. The summed E-state index contributed by atoms with van der Waals surface area (Å²) in [4.78, 5) is 27.1. The maximum atomic E-state index is 11.6. The lowest BCUT2D eigenvalue weighted by atomic mass is 10.1. The summed E-state index contributed by atoms with van der Waals surface area (Å²) in [5.74, 6) is 0.777. The number of nitrogens with zero attached hydrogens (tertiary/aromatic N) is 2. The predicted molar refractivity (Wildman–Crippen MR) is 67.0 cm³/mol. The van der Waals surface area contributed by atoms with Crippen molar-refractivity contribution in [2.45, 2.75) is 38.1 Å². The maximum absolute atomic E-state index is 11.6. The molecule has 5 heteroatoms. The lowest BCUT2D eigenvalue weighted by molar-refractivity contribution is -0.126. The fraction of sp³-hybridized carbons (Fsp3) is 0.846. The molecule has 0 bridgehead atoms. The molecular formula is C13H21N3O2. The van der Waals surface area contributed by atoms with E-state index in [1.807, 2.05) is 0 Å². The van der Waals surface area contributed by atoms with Gasteiger partial charge in [-0.25, -0.2) is 4.79 Å². The van der Waals surface area contributed by atoms with Gasteiger partial charge >= 0.3 is 6.03 Å². The molecule has 3 rings (SSSR count). The molecule has 3 aliphatic rings. The van der Waals surface area contributed by atoms with Crippen LogP contribution < -0.4 is 5.32 Å². The topological polar surface area (TPSA) is 52.7 Å². The molecule has 3 amide bonds. The number of nitrogens with one attached hydrogen (secondary N) is 1. The molecule has 1 aliphatic carbocycles. The van der Waals surface area contributed by atoms with Gasteiger partial charge in [0.05, 0.1) is 12.6 Å². The number of carbonyl (C=O) groups excluding carboxylic acids is 2. The van der Waals surface area contributed by atoms with E-state index in [1.165, 1.54) is 30.6 Å². The molecule has 5 nitrogen and oxygen atoms in total. The second-order valence-corrected chi connectivity index (χ2v) is 5.78. The average Bonchev–Trinajstić information content (AvgIpc) is 3.04. The number of likely N-dealkylation sites (tertiary alicyclic amines) is 1. The van der Waals surface area contributed by atoms with E-state index in [0.29, 0.717) is 0 Å². The predicted octanol–water partition coefficient (Wildman–Crippen LogP) is 0.803. The fourth-order valence-corrected chi connectivity index (χ4v) is 3.55. The van der Waals surface area contributed by atoms with Gasteiger partial charge in [0.15, 0.2) is 0 Å². The number of amides is 3. The molecule has 0 aromatic rings. The van der Waals surface area contributed by atoms with E-state index in [-0.39, 0.29) is 24.5 Å². The Morgan fingerprint density at radius 3 is 2.61 bits per heavy atom.